The summed E-state index contributed by atoms with van der Waals surface area (Å²) in [4.78, 5) is 24.2. The molecule has 0 unspecified atom stereocenters. The monoisotopic (exact) mass is 148 g/mol. The summed E-state index contributed by atoms with van der Waals surface area (Å²) in [6.45, 7) is 1.52. The van der Waals surface area contributed by atoms with Gasteiger partial charge in [-0.25, -0.2) is 0 Å². The first-order valence-electron chi connectivity index (χ1n) is 1.73. The fraction of sp³-hybridized carbons (Fsp3) is 1.00. The van der Waals surface area contributed by atoms with Gasteiger partial charge < -0.3 is 15.8 Å². The van der Waals surface area contributed by atoms with Gasteiger partial charge in [-0.1, -0.05) is 6.92 Å². The van der Waals surface area contributed by atoms with Crippen molar-refractivity contribution in [3.05, 3.63) is 0 Å². The van der Waals surface area contributed by atoms with E-state index >= 15 is 0 Å². The molecule has 5 heteroatoms. The first kappa shape index (κ1) is 11.5. The fourth-order valence-electron chi connectivity index (χ4n) is 0. The summed E-state index contributed by atoms with van der Waals surface area (Å²) < 4.78 is 0. The van der Waals surface area contributed by atoms with Gasteiger partial charge in [-0.05, 0) is 0 Å². The fourth-order valence-corrected chi connectivity index (χ4v) is 0. The summed E-state index contributed by atoms with van der Waals surface area (Å²) in [5, 5.41) is 0. The molecule has 0 bridgehead atoms. The Morgan fingerprint density at radius 3 is 1.57 bits per heavy atom. The van der Waals surface area contributed by atoms with Crippen LogP contribution in [0.25, 0.3) is 0 Å². The molecular formula is C2H9KO3Si. The Morgan fingerprint density at radius 1 is 1.43 bits per heavy atom. The van der Waals surface area contributed by atoms with Crippen molar-refractivity contribution in [2.24, 2.45) is 0 Å². The second-order valence-corrected chi connectivity index (χ2v) is 3.38. The van der Waals surface area contributed by atoms with E-state index in [2.05, 4.69) is 0 Å². The maximum Gasteiger partial charge on any atom is 1.00 e. The molecule has 0 saturated carbocycles. The average Bonchev–Trinajstić information content (AvgIpc) is 1.35. The van der Waals surface area contributed by atoms with Crippen LogP contribution in [0, 0.1) is 0 Å². The SMILES string of the molecule is CC[Si](O)(O)O.[H-].[K+]. The molecule has 40 valence electrons. The van der Waals surface area contributed by atoms with Crippen LogP contribution < -0.4 is 51.4 Å². The molecule has 7 heavy (non-hydrogen) atoms. The molecule has 0 atom stereocenters. The van der Waals surface area contributed by atoms with E-state index in [1.165, 1.54) is 6.92 Å². The maximum absolute atomic E-state index is 8.08. The quantitative estimate of drug-likeness (QED) is 0.333. The normalized spacial score (nSPS) is 10.3. The van der Waals surface area contributed by atoms with Gasteiger partial charge in [0.15, 0.2) is 0 Å². The molecular weight excluding hydrogens is 139 g/mol. The minimum absolute atomic E-state index is 0. The number of hydrogen-bond acceptors (Lipinski definition) is 3. The zero-order chi connectivity index (χ0) is 5.21. The topological polar surface area (TPSA) is 60.7 Å². The van der Waals surface area contributed by atoms with E-state index in [0.717, 1.165) is 0 Å². The molecule has 0 aliphatic rings. The van der Waals surface area contributed by atoms with E-state index in [1.54, 1.807) is 0 Å². The summed E-state index contributed by atoms with van der Waals surface area (Å²) in [7, 11) is -3.63. The van der Waals surface area contributed by atoms with E-state index in [1.807, 2.05) is 0 Å². The molecule has 0 spiro atoms. The second kappa shape index (κ2) is 4.60. The smallest absolute Gasteiger partial charge is 1.00 e. The van der Waals surface area contributed by atoms with E-state index in [4.69, 9.17) is 14.4 Å². The van der Waals surface area contributed by atoms with Gasteiger partial charge in [-0.15, -0.1) is 0 Å². The van der Waals surface area contributed by atoms with Crippen molar-refractivity contribution in [3.63, 3.8) is 0 Å². The van der Waals surface area contributed by atoms with Gasteiger partial charge in [-0.2, -0.15) is 0 Å². The molecule has 3 nitrogen and oxygen atoms in total. The molecule has 0 aliphatic heterocycles. The summed E-state index contributed by atoms with van der Waals surface area (Å²) in [5.74, 6) is 0. The predicted molar refractivity (Wildman–Crippen MR) is 24.0 cm³/mol. The van der Waals surface area contributed by atoms with Crippen molar-refractivity contribution in [2.75, 3.05) is 0 Å². The van der Waals surface area contributed by atoms with Crippen LogP contribution in [-0.4, -0.2) is 23.2 Å². The van der Waals surface area contributed by atoms with E-state index < -0.39 is 8.80 Å². The Balaban J connectivity index is -0.000000125. The first-order chi connectivity index (χ1) is 2.56. The number of rotatable bonds is 1. The Kier molecular flexibility index (Phi) is 7.57. The van der Waals surface area contributed by atoms with Crippen LogP contribution in [0.1, 0.15) is 8.35 Å². The first-order valence-corrected chi connectivity index (χ1v) is 3.78. The van der Waals surface area contributed by atoms with Gasteiger partial charge >= 0.3 is 60.2 Å². The molecule has 0 saturated heterocycles. The second-order valence-electron chi connectivity index (χ2n) is 1.13. The molecule has 0 aromatic heterocycles. The largest absolute Gasteiger partial charge is 1.00 e. The van der Waals surface area contributed by atoms with E-state index in [9.17, 15) is 0 Å². The van der Waals surface area contributed by atoms with Gasteiger partial charge in [0.05, 0.1) is 0 Å². The molecule has 0 heterocycles. The van der Waals surface area contributed by atoms with E-state index in [-0.39, 0.29) is 58.9 Å². The van der Waals surface area contributed by atoms with Crippen LogP contribution >= 0.6 is 0 Å². The predicted octanol–water partition coefficient (Wildman–Crippen LogP) is -3.96. The summed E-state index contributed by atoms with van der Waals surface area (Å²) >= 11 is 0. The molecule has 0 fully saturated rings. The van der Waals surface area contributed by atoms with Gasteiger partial charge in [0.1, 0.15) is 0 Å². The molecule has 0 aromatic rings. The Hall–Kier alpha value is 1.73. The minimum atomic E-state index is -3.63. The van der Waals surface area contributed by atoms with Crippen molar-refractivity contribution < 1.29 is 67.2 Å². The van der Waals surface area contributed by atoms with Gasteiger partial charge in [0, 0.05) is 6.04 Å². The molecule has 3 N–H and O–H groups in total. The Labute approximate surface area is 87.6 Å². The van der Waals surface area contributed by atoms with Crippen LogP contribution in [-0.2, 0) is 0 Å². The third-order valence-electron chi connectivity index (χ3n) is 0.474. The standard InChI is InChI=1S/C2H8O3Si.K.H/c1-2-6(3,4)5;;/h3-5H,2H2,1H3;;/q;+1;-1. The maximum atomic E-state index is 8.08. The molecule has 0 rings (SSSR count). The number of hydrogen-bond donors (Lipinski definition) is 3. The third kappa shape index (κ3) is 11.3. The Bertz CT molecular complexity index is 47.0. The Morgan fingerprint density at radius 2 is 1.57 bits per heavy atom. The molecule has 0 amide bonds. The van der Waals surface area contributed by atoms with Crippen LogP contribution in [0.15, 0.2) is 0 Å². The van der Waals surface area contributed by atoms with Crippen LogP contribution in [0.3, 0.4) is 0 Å². The average molecular weight is 148 g/mol. The molecule has 0 radical (unpaired) electrons. The van der Waals surface area contributed by atoms with Crippen molar-refractivity contribution in [1.29, 1.82) is 0 Å². The molecule has 0 aromatic carbocycles. The zero-order valence-electron chi connectivity index (χ0n) is 5.55. The van der Waals surface area contributed by atoms with E-state index in [0.29, 0.717) is 0 Å². The summed E-state index contributed by atoms with van der Waals surface area (Å²) in [6, 6.07) is 0.0764. The molecule has 0 aliphatic carbocycles. The van der Waals surface area contributed by atoms with Crippen molar-refractivity contribution in [1.82, 2.24) is 0 Å². The minimum Gasteiger partial charge on any atom is -1.00 e. The van der Waals surface area contributed by atoms with Crippen molar-refractivity contribution in [2.45, 2.75) is 13.0 Å². The van der Waals surface area contributed by atoms with Gasteiger partial charge in [0.2, 0.25) is 0 Å². The van der Waals surface area contributed by atoms with Gasteiger partial charge in [0.25, 0.3) is 0 Å². The van der Waals surface area contributed by atoms with Crippen molar-refractivity contribution in [3.8, 4) is 0 Å². The van der Waals surface area contributed by atoms with Crippen LogP contribution in [0.2, 0.25) is 6.04 Å². The summed E-state index contributed by atoms with van der Waals surface area (Å²) in [6.07, 6.45) is 0. The van der Waals surface area contributed by atoms with Crippen LogP contribution in [0.5, 0.6) is 0 Å². The van der Waals surface area contributed by atoms with Gasteiger partial charge in [-0.3, -0.25) is 0 Å². The van der Waals surface area contributed by atoms with Crippen LogP contribution in [0.4, 0.5) is 0 Å². The zero-order valence-corrected chi connectivity index (χ0v) is 8.67. The van der Waals surface area contributed by atoms with Crippen molar-refractivity contribution >= 4 is 8.80 Å². The third-order valence-corrected chi connectivity index (χ3v) is 1.42. The summed E-state index contributed by atoms with van der Waals surface area (Å²) in [5.41, 5.74) is 0.